The van der Waals surface area contributed by atoms with Crippen LogP contribution in [-0.4, -0.2) is 23.7 Å². The highest BCUT2D eigenvalue weighted by Gasteiger charge is 2.28. The molecular weight excluding hydrogens is 239 g/mol. The van der Waals surface area contributed by atoms with Crippen LogP contribution in [0.1, 0.15) is 20.8 Å². The number of nitrogens with zero attached hydrogens (tertiary/aromatic N) is 1. The summed E-state index contributed by atoms with van der Waals surface area (Å²) in [6, 6.07) is 3.46. The molecule has 0 saturated carbocycles. The summed E-state index contributed by atoms with van der Waals surface area (Å²) in [4.78, 5) is 10.2. The summed E-state index contributed by atoms with van der Waals surface area (Å²) in [6.07, 6.45) is 0. The van der Waals surface area contributed by atoms with E-state index >= 15 is 0 Å². The lowest BCUT2D eigenvalue weighted by Crippen LogP contribution is -2.41. The van der Waals surface area contributed by atoms with E-state index in [4.69, 9.17) is 4.74 Å². The van der Waals surface area contributed by atoms with Crippen molar-refractivity contribution in [1.29, 1.82) is 0 Å². The van der Waals surface area contributed by atoms with Crippen molar-refractivity contribution >= 4 is 11.4 Å². The number of methoxy groups -OCH3 is 1. The third-order valence-electron chi connectivity index (χ3n) is 3.12. The van der Waals surface area contributed by atoms with Gasteiger partial charge in [0.25, 0.3) is 5.69 Å². The number of para-hydroxylation sites is 1. The minimum atomic E-state index is -0.650. The van der Waals surface area contributed by atoms with E-state index in [9.17, 15) is 14.5 Å². The summed E-state index contributed by atoms with van der Waals surface area (Å²) < 4.78 is 18.9. The second kappa shape index (κ2) is 5.30. The van der Waals surface area contributed by atoms with E-state index in [1.54, 1.807) is 6.92 Å². The number of ether oxygens (including phenoxy) is 1. The van der Waals surface area contributed by atoms with E-state index in [2.05, 4.69) is 5.32 Å². The maximum Gasteiger partial charge on any atom is 0.295 e. The lowest BCUT2D eigenvalue weighted by molar-refractivity contribution is -0.384. The van der Waals surface area contributed by atoms with Crippen LogP contribution in [0.25, 0.3) is 0 Å². The summed E-state index contributed by atoms with van der Waals surface area (Å²) in [6.45, 7) is 5.41. The van der Waals surface area contributed by atoms with Gasteiger partial charge in [-0.2, -0.15) is 0 Å². The zero-order valence-corrected chi connectivity index (χ0v) is 10.9. The van der Waals surface area contributed by atoms with Crippen molar-refractivity contribution < 1.29 is 14.1 Å². The van der Waals surface area contributed by atoms with E-state index in [0.717, 1.165) is 0 Å². The molecule has 0 aliphatic heterocycles. The van der Waals surface area contributed by atoms with Gasteiger partial charge in [0.2, 0.25) is 0 Å². The number of nitro groups is 1. The van der Waals surface area contributed by atoms with Gasteiger partial charge in [0.05, 0.1) is 16.6 Å². The molecular formula is C12H17FN2O3. The number of halogens is 1. The number of nitro benzene ring substituents is 1. The predicted molar refractivity (Wildman–Crippen MR) is 67.2 cm³/mol. The zero-order chi connectivity index (χ0) is 13.9. The Morgan fingerprint density at radius 1 is 1.50 bits per heavy atom. The second-order valence-electron chi connectivity index (χ2n) is 4.56. The highest BCUT2D eigenvalue weighted by atomic mass is 19.1. The minimum Gasteiger partial charge on any atom is -0.377 e. The fourth-order valence-electron chi connectivity index (χ4n) is 1.37. The first-order chi connectivity index (χ1) is 8.29. The number of anilines is 1. The van der Waals surface area contributed by atoms with Crippen molar-refractivity contribution in [3.8, 4) is 0 Å². The van der Waals surface area contributed by atoms with Crippen LogP contribution in [-0.2, 0) is 4.74 Å². The molecule has 0 aliphatic rings. The van der Waals surface area contributed by atoms with Crippen molar-refractivity contribution in [2.45, 2.75) is 32.4 Å². The molecule has 0 radical (unpaired) electrons. The Bertz CT molecular complexity index is 449. The van der Waals surface area contributed by atoms with E-state index < -0.39 is 16.3 Å². The van der Waals surface area contributed by atoms with Gasteiger partial charge in [-0.25, -0.2) is 4.39 Å². The second-order valence-corrected chi connectivity index (χ2v) is 4.56. The standard InChI is InChI=1S/C12H17FN2O3/c1-8(12(2,3)18-4)14-11-9(13)6-5-7-10(11)15(16)17/h5-8,14H,1-4H3. The third kappa shape index (κ3) is 2.95. The summed E-state index contributed by atoms with van der Waals surface area (Å²) in [5, 5.41) is 13.7. The van der Waals surface area contributed by atoms with Gasteiger partial charge in [-0.1, -0.05) is 6.07 Å². The van der Waals surface area contributed by atoms with E-state index in [1.165, 1.54) is 25.3 Å². The number of nitrogens with one attached hydrogen (secondary N) is 1. The fraction of sp³-hybridized carbons (Fsp3) is 0.500. The summed E-state index contributed by atoms with van der Waals surface area (Å²) in [7, 11) is 1.54. The number of rotatable bonds is 5. The largest absolute Gasteiger partial charge is 0.377 e. The van der Waals surface area contributed by atoms with Gasteiger partial charge in [-0.3, -0.25) is 10.1 Å². The van der Waals surface area contributed by atoms with Crippen molar-refractivity contribution in [2.24, 2.45) is 0 Å². The van der Waals surface area contributed by atoms with Gasteiger partial charge in [0.1, 0.15) is 5.69 Å². The molecule has 0 spiro atoms. The van der Waals surface area contributed by atoms with Crippen molar-refractivity contribution in [3.63, 3.8) is 0 Å². The van der Waals surface area contributed by atoms with Gasteiger partial charge in [0, 0.05) is 13.2 Å². The Hall–Kier alpha value is -1.69. The Labute approximate surface area is 105 Å². The molecule has 0 aromatic heterocycles. The fourth-order valence-corrected chi connectivity index (χ4v) is 1.37. The molecule has 100 valence electrons. The van der Waals surface area contributed by atoms with Gasteiger partial charge >= 0.3 is 0 Å². The topological polar surface area (TPSA) is 64.4 Å². The van der Waals surface area contributed by atoms with Crippen LogP contribution in [0.5, 0.6) is 0 Å². The average Bonchev–Trinajstić information content (AvgIpc) is 2.31. The first-order valence-corrected chi connectivity index (χ1v) is 5.54. The number of benzene rings is 1. The number of hydrogen-bond donors (Lipinski definition) is 1. The van der Waals surface area contributed by atoms with Gasteiger partial charge in [0.15, 0.2) is 5.82 Å². The molecule has 1 aromatic rings. The average molecular weight is 256 g/mol. The van der Waals surface area contributed by atoms with Gasteiger partial charge < -0.3 is 10.1 Å². The highest BCUT2D eigenvalue weighted by molar-refractivity contribution is 5.62. The van der Waals surface area contributed by atoms with Crippen LogP contribution < -0.4 is 5.32 Å². The van der Waals surface area contributed by atoms with Crippen molar-refractivity contribution in [1.82, 2.24) is 0 Å². The molecule has 5 nitrogen and oxygen atoms in total. The summed E-state index contributed by atoms with van der Waals surface area (Å²) in [5.41, 5.74) is -0.968. The molecule has 0 heterocycles. The van der Waals surface area contributed by atoms with E-state index in [-0.39, 0.29) is 17.4 Å². The molecule has 0 aliphatic carbocycles. The summed E-state index contributed by atoms with van der Waals surface area (Å²) >= 11 is 0. The normalized spacial score (nSPS) is 13.2. The molecule has 1 rings (SSSR count). The molecule has 0 saturated heterocycles. The Morgan fingerprint density at radius 3 is 2.61 bits per heavy atom. The minimum absolute atomic E-state index is 0.111. The zero-order valence-electron chi connectivity index (χ0n) is 10.9. The highest BCUT2D eigenvalue weighted by Crippen LogP contribution is 2.29. The third-order valence-corrected chi connectivity index (χ3v) is 3.12. The van der Waals surface area contributed by atoms with Crippen LogP contribution in [0.3, 0.4) is 0 Å². The molecule has 0 amide bonds. The van der Waals surface area contributed by atoms with E-state index in [0.29, 0.717) is 0 Å². The molecule has 1 N–H and O–H groups in total. The Morgan fingerprint density at radius 2 is 2.11 bits per heavy atom. The maximum absolute atomic E-state index is 13.7. The molecule has 1 unspecified atom stereocenters. The predicted octanol–water partition coefficient (Wildman–Crippen LogP) is 2.96. The molecule has 0 bridgehead atoms. The SMILES string of the molecule is COC(C)(C)C(C)Nc1c(F)cccc1[N+](=O)[O-]. The van der Waals surface area contributed by atoms with Gasteiger partial charge in [-0.15, -0.1) is 0 Å². The number of hydrogen-bond acceptors (Lipinski definition) is 4. The first kappa shape index (κ1) is 14.4. The van der Waals surface area contributed by atoms with Crippen LogP contribution in [0.2, 0.25) is 0 Å². The van der Waals surface area contributed by atoms with Gasteiger partial charge in [-0.05, 0) is 26.8 Å². The van der Waals surface area contributed by atoms with Crippen LogP contribution in [0.4, 0.5) is 15.8 Å². The maximum atomic E-state index is 13.7. The quantitative estimate of drug-likeness (QED) is 0.649. The van der Waals surface area contributed by atoms with Crippen molar-refractivity contribution in [3.05, 3.63) is 34.1 Å². The first-order valence-electron chi connectivity index (χ1n) is 5.54. The Balaban J connectivity index is 3.07. The molecule has 6 heteroatoms. The van der Waals surface area contributed by atoms with Crippen LogP contribution >= 0.6 is 0 Å². The molecule has 1 aromatic carbocycles. The smallest absolute Gasteiger partial charge is 0.295 e. The van der Waals surface area contributed by atoms with E-state index in [1.807, 2.05) is 13.8 Å². The lowest BCUT2D eigenvalue weighted by Gasteiger charge is -2.31. The molecule has 1 atom stereocenters. The van der Waals surface area contributed by atoms with Crippen molar-refractivity contribution in [2.75, 3.05) is 12.4 Å². The summed E-state index contributed by atoms with van der Waals surface area (Å²) in [5.74, 6) is -0.650. The molecule has 0 fully saturated rings. The lowest BCUT2D eigenvalue weighted by atomic mass is 10.00. The Kier molecular flexibility index (Phi) is 4.24. The van der Waals surface area contributed by atoms with Crippen LogP contribution in [0, 0.1) is 15.9 Å². The van der Waals surface area contributed by atoms with Crippen LogP contribution in [0.15, 0.2) is 18.2 Å². The molecule has 18 heavy (non-hydrogen) atoms. The monoisotopic (exact) mass is 256 g/mol.